The van der Waals surface area contributed by atoms with Crippen molar-refractivity contribution in [2.75, 3.05) is 44.2 Å². The third-order valence-corrected chi connectivity index (χ3v) is 6.99. The molecule has 0 aromatic heterocycles. The molecular weight excluding hydrogens is 386 g/mol. The lowest BCUT2D eigenvalue weighted by molar-refractivity contribution is -0.117. The molecule has 1 aromatic rings. The van der Waals surface area contributed by atoms with E-state index in [1.165, 1.54) is 57.2 Å². The highest BCUT2D eigenvalue weighted by Crippen LogP contribution is 2.33. The summed E-state index contributed by atoms with van der Waals surface area (Å²) in [5.41, 5.74) is 2.28. The van der Waals surface area contributed by atoms with Crippen LogP contribution in [0.5, 0.6) is 5.75 Å². The lowest BCUT2D eigenvalue weighted by Gasteiger charge is -2.25. The van der Waals surface area contributed by atoms with Crippen molar-refractivity contribution in [3.05, 3.63) is 23.8 Å². The summed E-state index contributed by atoms with van der Waals surface area (Å²) in [6, 6.07) is 6.41. The van der Waals surface area contributed by atoms with Crippen LogP contribution in [0.3, 0.4) is 0 Å². The van der Waals surface area contributed by atoms with Crippen molar-refractivity contribution in [1.82, 2.24) is 10.2 Å². The molecule has 1 saturated carbocycles. The predicted molar refractivity (Wildman–Crippen MR) is 127 cm³/mol. The van der Waals surface area contributed by atoms with Crippen LogP contribution in [-0.2, 0) is 11.3 Å². The molecule has 1 aliphatic carbocycles. The number of ether oxygens (including phenoxy) is 1. The fourth-order valence-electron chi connectivity index (χ4n) is 5.10. The number of carbonyl (C=O) groups is 1. The van der Waals surface area contributed by atoms with Crippen molar-refractivity contribution < 1.29 is 9.53 Å². The molecule has 1 amide bonds. The Hall–Kier alpha value is -1.59. The number of rotatable bonds is 12. The number of nitrogens with one attached hydrogen (secondary N) is 1. The third-order valence-electron chi connectivity index (χ3n) is 6.99. The molecule has 2 heterocycles. The fourth-order valence-corrected chi connectivity index (χ4v) is 5.10. The standard InChI is InChI=1S/C26H41N3O2/c1-2-14-28(19-22-9-10-22)20-23-17-24(29-15-4-8-26(29)30)11-12-25(23)31-16-5-7-21-6-3-13-27-18-21/h11-12,17,21-22,27H,2-10,13-16,18-20H2,1H3. The largest absolute Gasteiger partial charge is 0.493 e. The van der Waals surface area contributed by atoms with Gasteiger partial charge in [-0.15, -0.1) is 0 Å². The van der Waals surface area contributed by atoms with E-state index in [-0.39, 0.29) is 5.91 Å². The first-order valence-corrected chi connectivity index (χ1v) is 12.7. The van der Waals surface area contributed by atoms with Gasteiger partial charge < -0.3 is 15.0 Å². The molecule has 5 heteroatoms. The van der Waals surface area contributed by atoms with Crippen molar-refractivity contribution in [2.45, 2.75) is 71.3 Å². The minimum atomic E-state index is 0.254. The molecule has 1 aromatic carbocycles. The first kappa shape index (κ1) is 22.6. The highest BCUT2D eigenvalue weighted by molar-refractivity contribution is 5.95. The summed E-state index contributed by atoms with van der Waals surface area (Å²) in [7, 11) is 0. The van der Waals surface area contributed by atoms with E-state index in [2.05, 4.69) is 35.3 Å². The number of amides is 1. The number of piperidine rings is 1. The van der Waals surface area contributed by atoms with Crippen LogP contribution in [-0.4, -0.2) is 50.1 Å². The van der Waals surface area contributed by atoms with Gasteiger partial charge in [-0.3, -0.25) is 9.69 Å². The van der Waals surface area contributed by atoms with E-state index in [1.807, 2.05) is 4.90 Å². The lowest BCUT2D eigenvalue weighted by atomic mass is 9.95. The van der Waals surface area contributed by atoms with Crippen molar-refractivity contribution >= 4 is 11.6 Å². The number of hydrogen-bond donors (Lipinski definition) is 1. The van der Waals surface area contributed by atoms with Gasteiger partial charge in [-0.1, -0.05) is 6.92 Å². The highest BCUT2D eigenvalue weighted by Gasteiger charge is 2.26. The minimum Gasteiger partial charge on any atom is -0.493 e. The van der Waals surface area contributed by atoms with Gasteiger partial charge in [0.1, 0.15) is 5.75 Å². The monoisotopic (exact) mass is 427 g/mol. The molecule has 3 fully saturated rings. The molecule has 0 bridgehead atoms. The van der Waals surface area contributed by atoms with Gasteiger partial charge in [0.2, 0.25) is 5.91 Å². The summed E-state index contributed by atoms with van der Waals surface area (Å²) >= 11 is 0. The van der Waals surface area contributed by atoms with Crippen LogP contribution in [0.15, 0.2) is 18.2 Å². The average Bonchev–Trinajstić information content (AvgIpc) is 3.50. The molecule has 1 atom stereocenters. The molecule has 31 heavy (non-hydrogen) atoms. The SMILES string of the molecule is CCCN(Cc1cc(N2CCCC2=O)ccc1OCCCC1CCCNC1)CC1CC1. The van der Waals surface area contributed by atoms with Crippen LogP contribution in [0.1, 0.15) is 70.3 Å². The zero-order chi connectivity index (χ0) is 21.5. The Morgan fingerprint density at radius 2 is 2.10 bits per heavy atom. The normalized spacial score (nSPS) is 21.8. The van der Waals surface area contributed by atoms with Gasteiger partial charge in [-0.05, 0) is 101 Å². The van der Waals surface area contributed by atoms with Crippen LogP contribution in [0.25, 0.3) is 0 Å². The van der Waals surface area contributed by atoms with Gasteiger partial charge in [0, 0.05) is 37.3 Å². The van der Waals surface area contributed by atoms with Crippen LogP contribution >= 0.6 is 0 Å². The average molecular weight is 428 g/mol. The van der Waals surface area contributed by atoms with Crippen LogP contribution in [0.2, 0.25) is 0 Å². The van der Waals surface area contributed by atoms with Crippen molar-refractivity contribution in [3.8, 4) is 5.75 Å². The van der Waals surface area contributed by atoms with Gasteiger partial charge in [0.15, 0.2) is 0 Å². The summed E-state index contributed by atoms with van der Waals surface area (Å²) in [6.07, 6.45) is 10.6. The Kier molecular flexibility index (Phi) is 8.26. The Balaban J connectivity index is 1.41. The molecule has 2 saturated heterocycles. The van der Waals surface area contributed by atoms with Crippen molar-refractivity contribution in [1.29, 1.82) is 0 Å². The quantitative estimate of drug-likeness (QED) is 0.496. The third kappa shape index (κ3) is 6.69. The van der Waals surface area contributed by atoms with Crippen LogP contribution in [0.4, 0.5) is 5.69 Å². The van der Waals surface area contributed by atoms with E-state index in [0.29, 0.717) is 6.42 Å². The summed E-state index contributed by atoms with van der Waals surface area (Å²) in [4.78, 5) is 16.8. The number of benzene rings is 1. The summed E-state index contributed by atoms with van der Waals surface area (Å²) in [6.45, 7) is 9.45. The van der Waals surface area contributed by atoms with E-state index in [0.717, 1.165) is 68.9 Å². The minimum absolute atomic E-state index is 0.254. The highest BCUT2D eigenvalue weighted by atomic mass is 16.5. The maximum absolute atomic E-state index is 12.3. The van der Waals surface area contributed by atoms with Crippen molar-refractivity contribution in [2.24, 2.45) is 11.8 Å². The van der Waals surface area contributed by atoms with Crippen LogP contribution < -0.4 is 15.0 Å². The molecule has 2 aliphatic heterocycles. The summed E-state index contributed by atoms with van der Waals surface area (Å²) < 4.78 is 6.32. The van der Waals surface area contributed by atoms with Gasteiger partial charge in [0.25, 0.3) is 0 Å². The van der Waals surface area contributed by atoms with Gasteiger partial charge in [-0.25, -0.2) is 0 Å². The first-order valence-electron chi connectivity index (χ1n) is 12.7. The van der Waals surface area contributed by atoms with E-state index in [4.69, 9.17) is 4.74 Å². The molecule has 0 spiro atoms. The summed E-state index contributed by atoms with van der Waals surface area (Å²) in [5, 5.41) is 3.51. The smallest absolute Gasteiger partial charge is 0.227 e. The Bertz CT molecular complexity index is 713. The molecule has 172 valence electrons. The van der Waals surface area contributed by atoms with Gasteiger partial charge >= 0.3 is 0 Å². The molecule has 1 N–H and O–H groups in total. The van der Waals surface area contributed by atoms with E-state index >= 15 is 0 Å². The second kappa shape index (κ2) is 11.3. The van der Waals surface area contributed by atoms with Gasteiger partial charge in [0.05, 0.1) is 6.61 Å². The van der Waals surface area contributed by atoms with Crippen LogP contribution in [0, 0.1) is 11.8 Å². The number of nitrogens with zero attached hydrogens (tertiary/aromatic N) is 2. The van der Waals surface area contributed by atoms with Gasteiger partial charge in [-0.2, -0.15) is 0 Å². The van der Waals surface area contributed by atoms with Crippen molar-refractivity contribution in [3.63, 3.8) is 0 Å². The number of hydrogen-bond acceptors (Lipinski definition) is 4. The predicted octanol–water partition coefficient (Wildman–Crippen LogP) is 4.59. The Morgan fingerprint density at radius 3 is 2.81 bits per heavy atom. The zero-order valence-corrected chi connectivity index (χ0v) is 19.4. The van der Waals surface area contributed by atoms with E-state index in [9.17, 15) is 4.79 Å². The molecule has 4 rings (SSSR count). The maximum atomic E-state index is 12.3. The van der Waals surface area contributed by atoms with E-state index < -0.39 is 0 Å². The molecular formula is C26H41N3O2. The fraction of sp³-hybridized carbons (Fsp3) is 0.731. The topological polar surface area (TPSA) is 44.8 Å². The number of carbonyl (C=O) groups excluding carboxylic acids is 1. The maximum Gasteiger partial charge on any atom is 0.227 e. The second-order valence-electron chi connectivity index (χ2n) is 9.82. The zero-order valence-electron chi connectivity index (χ0n) is 19.4. The molecule has 5 nitrogen and oxygen atoms in total. The molecule has 1 unspecified atom stereocenters. The second-order valence-corrected chi connectivity index (χ2v) is 9.82. The number of anilines is 1. The molecule has 0 radical (unpaired) electrons. The first-order chi connectivity index (χ1) is 15.2. The summed E-state index contributed by atoms with van der Waals surface area (Å²) in [5.74, 6) is 2.94. The van der Waals surface area contributed by atoms with E-state index in [1.54, 1.807) is 0 Å². The Labute approximate surface area is 188 Å². The lowest BCUT2D eigenvalue weighted by Crippen LogP contribution is -2.29. The molecule has 3 aliphatic rings. The Morgan fingerprint density at radius 1 is 1.19 bits per heavy atom.